The first-order valence-corrected chi connectivity index (χ1v) is 5.12. The lowest BCUT2D eigenvalue weighted by Crippen LogP contribution is -2.35. The molecular formula is C10H20N2O. The maximum absolute atomic E-state index is 11.3. The second-order valence-corrected chi connectivity index (χ2v) is 3.93. The van der Waals surface area contributed by atoms with E-state index in [2.05, 4.69) is 5.32 Å². The largest absolute Gasteiger partial charge is 0.345 e. The fourth-order valence-electron chi connectivity index (χ4n) is 1.57. The molecule has 3 heteroatoms. The van der Waals surface area contributed by atoms with Gasteiger partial charge in [-0.1, -0.05) is 19.3 Å². The van der Waals surface area contributed by atoms with Gasteiger partial charge in [-0.3, -0.25) is 4.79 Å². The summed E-state index contributed by atoms with van der Waals surface area (Å²) in [4.78, 5) is 13.2. The molecule has 0 bridgehead atoms. The Kier molecular flexibility index (Phi) is 4.22. The highest BCUT2D eigenvalue weighted by molar-refractivity contribution is 5.77. The molecule has 1 fully saturated rings. The minimum absolute atomic E-state index is 0.196. The van der Waals surface area contributed by atoms with Gasteiger partial charge in [0.05, 0.1) is 6.54 Å². The first-order valence-electron chi connectivity index (χ1n) is 5.12. The van der Waals surface area contributed by atoms with Crippen molar-refractivity contribution in [2.75, 3.05) is 27.2 Å². The Bertz CT molecular complexity index is 166. The van der Waals surface area contributed by atoms with Crippen LogP contribution < -0.4 is 5.32 Å². The van der Waals surface area contributed by atoms with Gasteiger partial charge in [0.1, 0.15) is 0 Å². The van der Waals surface area contributed by atoms with Crippen molar-refractivity contribution >= 4 is 5.91 Å². The molecule has 0 heterocycles. The van der Waals surface area contributed by atoms with Gasteiger partial charge in [0.15, 0.2) is 0 Å². The topological polar surface area (TPSA) is 32.3 Å². The number of nitrogens with zero attached hydrogens (tertiary/aromatic N) is 1. The van der Waals surface area contributed by atoms with Crippen LogP contribution in [0.4, 0.5) is 0 Å². The van der Waals surface area contributed by atoms with Gasteiger partial charge in [0.2, 0.25) is 5.91 Å². The molecule has 0 saturated heterocycles. The first-order chi connectivity index (χ1) is 6.24. The molecule has 0 aliphatic heterocycles. The summed E-state index contributed by atoms with van der Waals surface area (Å²) in [5.74, 6) is 1.09. The van der Waals surface area contributed by atoms with Crippen LogP contribution in [0.5, 0.6) is 0 Å². The van der Waals surface area contributed by atoms with Gasteiger partial charge in [0, 0.05) is 13.6 Å². The Morgan fingerprint density at radius 2 is 2.23 bits per heavy atom. The molecule has 0 unspecified atom stereocenters. The minimum atomic E-state index is 0.196. The van der Waals surface area contributed by atoms with Gasteiger partial charge in [0.25, 0.3) is 0 Å². The maximum atomic E-state index is 11.3. The van der Waals surface area contributed by atoms with Crippen LogP contribution in [0.3, 0.4) is 0 Å². The molecular weight excluding hydrogens is 164 g/mol. The molecule has 1 aliphatic rings. The SMILES string of the molecule is CNCC(=O)N(C)CCC1CCC1. The van der Waals surface area contributed by atoms with Crippen LogP contribution >= 0.6 is 0 Å². The van der Waals surface area contributed by atoms with E-state index in [1.54, 1.807) is 7.05 Å². The average Bonchev–Trinajstić information content (AvgIpc) is 2.01. The zero-order valence-corrected chi connectivity index (χ0v) is 8.68. The number of amides is 1. The zero-order valence-electron chi connectivity index (χ0n) is 8.68. The third-order valence-electron chi connectivity index (χ3n) is 2.85. The van der Waals surface area contributed by atoms with Crippen molar-refractivity contribution in [1.82, 2.24) is 10.2 Å². The highest BCUT2D eigenvalue weighted by Crippen LogP contribution is 2.29. The summed E-state index contributed by atoms with van der Waals surface area (Å²) in [6, 6.07) is 0. The van der Waals surface area contributed by atoms with Crippen LogP contribution in [0.25, 0.3) is 0 Å². The van der Waals surface area contributed by atoms with Gasteiger partial charge < -0.3 is 10.2 Å². The molecule has 0 atom stereocenters. The summed E-state index contributed by atoms with van der Waals surface area (Å²) < 4.78 is 0. The molecule has 0 radical (unpaired) electrons. The predicted molar refractivity (Wildman–Crippen MR) is 53.5 cm³/mol. The molecule has 76 valence electrons. The second-order valence-electron chi connectivity index (χ2n) is 3.93. The van der Waals surface area contributed by atoms with E-state index in [-0.39, 0.29) is 5.91 Å². The molecule has 0 aromatic carbocycles. The molecule has 0 aromatic heterocycles. The number of rotatable bonds is 5. The first kappa shape index (κ1) is 10.5. The molecule has 3 nitrogen and oxygen atoms in total. The van der Waals surface area contributed by atoms with E-state index in [1.165, 1.54) is 25.7 Å². The molecule has 13 heavy (non-hydrogen) atoms. The third-order valence-corrected chi connectivity index (χ3v) is 2.85. The Morgan fingerprint density at radius 3 is 2.69 bits per heavy atom. The van der Waals surface area contributed by atoms with Crippen LogP contribution in [0, 0.1) is 5.92 Å². The molecule has 1 N–H and O–H groups in total. The molecule has 0 aromatic rings. The van der Waals surface area contributed by atoms with E-state index >= 15 is 0 Å². The lowest BCUT2D eigenvalue weighted by molar-refractivity contribution is -0.129. The lowest BCUT2D eigenvalue weighted by Gasteiger charge is -2.27. The molecule has 1 amide bonds. The van der Waals surface area contributed by atoms with Crippen LogP contribution in [0.2, 0.25) is 0 Å². The average molecular weight is 184 g/mol. The number of carbonyl (C=O) groups is 1. The summed E-state index contributed by atoms with van der Waals surface area (Å²) >= 11 is 0. The van der Waals surface area contributed by atoms with Crippen molar-refractivity contribution in [3.8, 4) is 0 Å². The van der Waals surface area contributed by atoms with E-state index in [4.69, 9.17) is 0 Å². The number of nitrogens with one attached hydrogen (secondary N) is 1. The number of likely N-dealkylation sites (N-methyl/N-ethyl adjacent to an activating group) is 2. The highest BCUT2D eigenvalue weighted by atomic mass is 16.2. The van der Waals surface area contributed by atoms with Gasteiger partial charge in [-0.2, -0.15) is 0 Å². The smallest absolute Gasteiger partial charge is 0.236 e. The fourth-order valence-corrected chi connectivity index (χ4v) is 1.57. The predicted octanol–water partition coefficient (Wildman–Crippen LogP) is 0.854. The van der Waals surface area contributed by atoms with Crippen LogP contribution in [-0.4, -0.2) is 38.0 Å². The monoisotopic (exact) mass is 184 g/mol. The molecule has 0 spiro atoms. The fraction of sp³-hybridized carbons (Fsp3) is 0.900. The van der Waals surface area contributed by atoms with Crippen LogP contribution in [0.15, 0.2) is 0 Å². The minimum Gasteiger partial charge on any atom is -0.345 e. The summed E-state index contributed by atoms with van der Waals surface area (Å²) in [5.41, 5.74) is 0. The van der Waals surface area contributed by atoms with Crippen molar-refractivity contribution in [3.63, 3.8) is 0 Å². The van der Waals surface area contributed by atoms with Crippen LogP contribution in [-0.2, 0) is 4.79 Å². The van der Waals surface area contributed by atoms with E-state index < -0.39 is 0 Å². The summed E-state index contributed by atoms with van der Waals surface area (Å²) in [5, 5.41) is 2.87. The lowest BCUT2D eigenvalue weighted by atomic mass is 9.83. The zero-order chi connectivity index (χ0) is 9.68. The second kappa shape index (κ2) is 5.22. The van der Waals surface area contributed by atoms with E-state index in [0.29, 0.717) is 6.54 Å². The van der Waals surface area contributed by atoms with Crippen molar-refractivity contribution in [2.45, 2.75) is 25.7 Å². The number of hydrogen-bond donors (Lipinski definition) is 1. The van der Waals surface area contributed by atoms with Crippen molar-refractivity contribution in [3.05, 3.63) is 0 Å². The van der Waals surface area contributed by atoms with Gasteiger partial charge in [-0.05, 0) is 19.4 Å². The quantitative estimate of drug-likeness (QED) is 0.687. The summed E-state index contributed by atoms with van der Waals surface area (Å²) in [7, 11) is 3.69. The van der Waals surface area contributed by atoms with E-state index in [9.17, 15) is 4.79 Å². The standard InChI is InChI=1S/C10H20N2O/c1-11-8-10(13)12(2)7-6-9-4-3-5-9/h9,11H,3-8H2,1-2H3. The third kappa shape index (κ3) is 3.35. The highest BCUT2D eigenvalue weighted by Gasteiger charge is 2.18. The molecule has 1 aliphatic carbocycles. The van der Waals surface area contributed by atoms with Crippen molar-refractivity contribution in [2.24, 2.45) is 5.92 Å². The summed E-state index contributed by atoms with van der Waals surface area (Å²) in [6.45, 7) is 1.38. The van der Waals surface area contributed by atoms with Crippen molar-refractivity contribution < 1.29 is 4.79 Å². The molecule has 1 saturated carbocycles. The molecule has 1 rings (SSSR count). The van der Waals surface area contributed by atoms with Gasteiger partial charge in [-0.25, -0.2) is 0 Å². The summed E-state index contributed by atoms with van der Waals surface area (Å²) in [6.07, 6.45) is 5.31. The van der Waals surface area contributed by atoms with Crippen molar-refractivity contribution in [1.29, 1.82) is 0 Å². The Hall–Kier alpha value is -0.570. The van der Waals surface area contributed by atoms with E-state index in [0.717, 1.165) is 12.5 Å². The Balaban J connectivity index is 2.08. The number of carbonyl (C=O) groups excluding carboxylic acids is 1. The van der Waals surface area contributed by atoms with Crippen LogP contribution in [0.1, 0.15) is 25.7 Å². The van der Waals surface area contributed by atoms with Gasteiger partial charge >= 0.3 is 0 Å². The Labute approximate surface area is 80.5 Å². The number of hydrogen-bond acceptors (Lipinski definition) is 2. The maximum Gasteiger partial charge on any atom is 0.236 e. The van der Waals surface area contributed by atoms with Gasteiger partial charge in [-0.15, -0.1) is 0 Å². The normalized spacial score (nSPS) is 16.8. The van der Waals surface area contributed by atoms with E-state index in [1.807, 2.05) is 11.9 Å². The Morgan fingerprint density at radius 1 is 1.54 bits per heavy atom.